The van der Waals surface area contributed by atoms with Gasteiger partial charge in [0.05, 0.1) is 15.9 Å². The molecule has 0 amide bonds. The molecule has 2 heterocycles. The Balaban J connectivity index is 1.55. The van der Waals surface area contributed by atoms with Gasteiger partial charge in [0.15, 0.2) is 5.82 Å². The number of thiophene rings is 1. The highest BCUT2D eigenvalue weighted by Crippen LogP contribution is 2.41. The molecule has 0 radical (unpaired) electrons. The number of aromatic nitrogens is 2. The van der Waals surface area contributed by atoms with Crippen molar-refractivity contribution in [1.82, 2.24) is 9.97 Å². The van der Waals surface area contributed by atoms with Gasteiger partial charge in [0.1, 0.15) is 0 Å². The van der Waals surface area contributed by atoms with E-state index in [4.69, 9.17) is 9.97 Å². The highest BCUT2D eigenvalue weighted by atomic mass is 32.1. The molecule has 0 aliphatic heterocycles. The van der Waals surface area contributed by atoms with Gasteiger partial charge in [-0.3, -0.25) is 0 Å². The molecule has 0 unspecified atom stereocenters. The molecule has 0 spiro atoms. The Kier molecular flexibility index (Phi) is 5.34. The molecule has 37 heavy (non-hydrogen) atoms. The number of rotatable bonds is 4. The maximum absolute atomic E-state index is 5.21. The predicted octanol–water partition coefficient (Wildman–Crippen LogP) is 9.51. The van der Waals surface area contributed by atoms with Crippen LogP contribution in [-0.2, 0) is 0 Å². The zero-order valence-electron chi connectivity index (χ0n) is 20.0. The lowest BCUT2D eigenvalue weighted by Crippen LogP contribution is -1.94. The van der Waals surface area contributed by atoms with Crippen LogP contribution in [0.5, 0.6) is 0 Å². The Hall–Kier alpha value is -4.60. The van der Waals surface area contributed by atoms with E-state index in [1.54, 1.807) is 11.3 Å². The van der Waals surface area contributed by atoms with Gasteiger partial charge < -0.3 is 0 Å². The maximum atomic E-state index is 5.21. The summed E-state index contributed by atoms with van der Waals surface area (Å²) in [6.07, 6.45) is 0. The van der Waals surface area contributed by atoms with E-state index < -0.39 is 0 Å². The molecule has 0 saturated heterocycles. The topological polar surface area (TPSA) is 25.8 Å². The van der Waals surface area contributed by atoms with Crippen molar-refractivity contribution in [3.63, 3.8) is 0 Å². The normalized spacial score (nSPS) is 11.2. The third-order valence-electron chi connectivity index (χ3n) is 6.67. The smallest absolute Gasteiger partial charge is 0.160 e. The van der Waals surface area contributed by atoms with Crippen LogP contribution in [0.2, 0.25) is 0 Å². The van der Waals surface area contributed by atoms with Gasteiger partial charge in [0, 0.05) is 21.2 Å². The first-order valence-electron chi connectivity index (χ1n) is 12.3. The van der Waals surface area contributed by atoms with Gasteiger partial charge in [-0.2, -0.15) is 0 Å². The van der Waals surface area contributed by atoms with Crippen molar-refractivity contribution in [2.75, 3.05) is 0 Å². The second kappa shape index (κ2) is 9.12. The molecular formula is C34H22N2S. The fraction of sp³-hybridized carbons (Fsp3) is 0. The van der Waals surface area contributed by atoms with E-state index in [1.165, 1.54) is 32.3 Å². The molecule has 5 aromatic carbocycles. The lowest BCUT2D eigenvalue weighted by molar-refractivity contribution is 1.24. The summed E-state index contributed by atoms with van der Waals surface area (Å²) in [6.45, 7) is 0. The molecule has 0 N–H and O–H groups in total. The van der Waals surface area contributed by atoms with Crippen LogP contribution in [0.15, 0.2) is 133 Å². The zero-order valence-corrected chi connectivity index (χ0v) is 20.8. The highest BCUT2D eigenvalue weighted by Gasteiger charge is 2.18. The molecule has 0 saturated carbocycles. The SMILES string of the molecule is c1ccc(-c2cc(-c3ccccc3)cc(-c3nc(-c4ccccc4)nc4c3sc3ccccc34)c2)cc1. The molecule has 0 aliphatic rings. The molecule has 0 atom stereocenters. The van der Waals surface area contributed by atoms with E-state index >= 15 is 0 Å². The monoisotopic (exact) mass is 490 g/mol. The number of fused-ring (bicyclic) bond motifs is 3. The van der Waals surface area contributed by atoms with Gasteiger partial charge >= 0.3 is 0 Å². The summed E-state index contributed by atoms with van der Waals surface area (Å²) in [7, 11) is 0. The first-order chi connectivity index (χ1) is 18.3. The Morgan fingerprint density at radius 2 is 0.946 bits per heavy atom. The molecule has 0 aliphatic carbocycles. The van der Waals surface area contributed by atoms with E-state index in [2.05, 4.69) is 115 Å². The quantitative estimate of drug-likeness (QED) is 0.245. The van der Waals surface area contributed by atoms with Crippen molar-refractivity contribution in [2.45, 2.75) is 0 Å². The molecule has 0 fully saturated rings. The van der Waals surface area contributed by atoms with E-state index in [1.807, 2.05) is 18.2 Å². The maximum Gasteiger partial charge on any atom is 0.160 e. The Morgan fingerprint density at radius 3 is 1.57 bits per heavy atom. The van der Waals surface area contributed by atoms with E-state index in [0.717, 1.165) is 32.9 Å². The number of nitrogens with zero attached hydrogens (tertiary/aromatic N) is 2. The Bertz CT molecular complexity index is 1800. The lowest BCUT2D eigenvalue weighted by atomic mass is 9.95. The van der Waals surface area contributed by atoms with Crippen LogP contribution in [0, 0.1) is 0 Å². The summed E-state index contributed by atoms with van der Waals surface area (Å²) in [6, 6.07) is 46.7. The van der Waals surface area contributed by atoms with Crippen molar-refractivity contribution in [3.8, 4) is 44.9 Å². The minimum atomic E-state index is 0.748. The van der Waals surface area contributed by atoms with Crippen LogP contribution < -0.4 is 0 Å². The van der Waals surface area contributed by atoms with Crippen LogP contribution >= 0.6 is 11.3 Å². The summed E-state index contributed by atoms with van der Waals surface area (Å²) in [5.41, 5.74) is 8.81. The van der Waals surface area contributed by atoms with Crippen molar-refractivity contribution >= 4 is 31.6 Å². The standard InChI is InChI=1S/C34H22N2S/c1-4-12-23(13-5-1)26-20-27(24-14-6-2-7-15-24)22-28(21-26)31-33-32(29-18-10-11-19-30(29)37-33)36-34(35-31)25-16-8-3-9-17-25/h1-22H. The summed E-state index contributed by atoms with van der Waals surface area (Å²) in [5, 5.41) is 1.17. The molecule has 0 bridgehead atoms. The minimum absolute atomic E-state index is 0.748. The van der Waals surface area contributed by atoms with Crippen molar-refractivity contribution in [1.29, 1.82) is 0 Å². The van der Waals surface area contributed by atoms with Gasteiger partial charge in [-0.05, 0) is 46.5 Å². The van der Waals surface area contributed by atoms with Crippen LogP contribution in [0.1, 0.15) is 0 Å². The fourth-order valence-corrected chi connectivity index (χ4v) is 6.02. The molecule has 3 heteroatoms. The third-order valence-corrected chi connectivity index (χ3v) is 7.84. The van der Waals surface area contributed by atoms with Crippen molar-refractivity contribution in [2.24, 2.45) is 0 Å². The van der Waals surface area contributed by atoms with Gasteiger partial charge in [0.2, 0.25) is 0 Å². The molecule has 7 rings (SSSR count). The second-order valence-electron chi connectivity index (χ2n) is 9.07. The first kappa shape index (κ1) is 21.7. The zero-order chi connectivity index (χ0) is 24.6. The summed E-state index contributed by atoms with van der Waals surface area (Å²) < 4.78 is 2.34. The number of hydrogen-bond donors (Lipinski definition) is 0. The van der Waals surface area contributed by atoms with Crippen LogP contribution in [-0.4, -0.2) is 9.97 Å². The van der Waals surface area contributed by atoms with Crippen LogP contribution in [0.3, 0.4) is 0 Å². The molecular weight excluding hydrogens is 468 g/mol. The number of hydrogen-bond acceptors (Lipinski definition) is 3. The third kappa shape index (κ3) is 4.00. The van der Waals surface area contributed by atoms with E-state index in [9.17, 15) is 0 Å². The summed E-state index contributed by atoms with van der Waals surface area (Å²) in [4.78, 5) is 10.3. The van der Waals surface area contributed by atoms with Gasteiger partial charge in [-0.25, -0.2) is 9.97 Å². The van der Waals surface area contributed by atoms with Crippen LogP contribution in [0.25, 0.3) is 65.2 Å². The first-order valence-corrected chi connectivity index (χ1v) is 13.2. The van der Waals surface area contributed by atoms with Crippen molar-refractivity contribution < 1.29 is 0 Å². The summed E-state index contributed by atoms with van der Waals surface area (Å²) >= 11 is 1.77. The Morgan fingerprint density at radius 1 is 0.432 bits per heavy atom. The summed E-state index contributed by atoms with van der Waals surface area (Å²) in [5.74, 6) is 0.748. The highest BCUT2D eigenvalue weighted by molar-refractivity contribution is 7.26. The number of benzene rings is 5. The molecule has 174 valence electrons. The minimum Gasteiger partial charge on any atom is -0.226 e. The van der Waals surface area contributed by atoms with Gasteiger partial charge in [0.25, 0.3) is 0 Å². The van der Waals surface area contributed by atoms with Gasteiger partial charge in [-0.1, -0.05) is 109 Å². The Labute approximate surface area is 219 Å². The molecule has 2 aromatic heterocycles. The van der Waals surface area contributed by atoms with Crippen LogP contribution in [0.4, 0.5) is 0 Å². The largest absolute Gasteiger partial charge is 0.226 e. The lowest BCUT2D eigenvalue weighted by Gasteiger charge is -2.12. The molecule has 7 aromatic rings. The van der Waals surface area contributed by atoms with E-state index in [0.29, 0.717) is 0 Å². The van der Waals surface area contributed by atoms with E-state index in [-0.39, 0.29) is 0 Å². The van der Waals surface area contributed by atoms with Gasteiger partial charge in [-0.15, -0.1) is 11.3 Å². The fourth-order valence-electron chi connectivity index (χ4n) is 4.86. The van der Waals surface area contributed by atoms with Crippen molar-refractivity contribution in [3.05, 3.63) is 133 Å². The predicted molar refractivity (Wildman–Crippen MR) is 157 cm³/mol. The average Bonchev–Trinajstić information content (AvgIpc) is 3.36. The second-order valence-corrected chi connectivity index (χ2v) is 10.1. The average molecular weight is 491 g/mol. The molecule has 2 nitrogen and oxygen atoms in total.